The van der Waals surface area contributed by atoms with Gasteiger partial charge in [0.15, 0.2) is 0 Å². The molecule has 0 spiro atoms. The number of nitrogens with one attached hydrogen (secondary N) is 2. The molecule has 1 fully saturated rings. The second-order valence-electron chi connectivity index (χ2n) is 9.70. The number of nitrogens with zero attached hydrogens (tertiary/aromatic N) is 1. The van der Waals surface area contributed by atoms with Gasteiger partial charge in [-0.3, -0.25) is 9.59 Å². The number of carbonyl (C=O) groups is 2. The average Bonchev–Trinajstić information content (AvgIpc) is 3.46. The molecule has 0 aromatic heterocycles. The average molecular weight is 502 g/mol. The highest BCUT2D eigenvalue weighted by molar-refractivity contribution is 6.06. The SMILES string of the molecule is CCCCCCc1ccc(C(=O)Nc2ccc(N3CCCC3)c(C(=O)NCc3ccc(F)cc3)c2)cc1. The van der Waals surface area contributed by atoms with E-state index in [-0.39, 0.29) is 17.6 Å². The zero-order chi connectivity index (χ0) is 26.0. The Morgan fingerprint density at radius 1 is 0.838 bits per heavy atom. The van der Waals surface area contributed by atoms with Crippen molar-refractivity contribution >= 4 is 23.2 Å². The molecule has 0 saturated carbocycles. The van der Waals surface area contributed by atoms with E-state index in [1.807, 2.05) is 36.4 Å². The van der Waals surface area contributed by atoms with Crippen molar-refractivity contribution in [1.82, 2.24) is 5.32 Å². The van der Waals surface area contributed by atoms with Crippen LogP contribution in [0.1, 0.15) is 77.3 Å². The summed E-state index contributed by atoms with van der Waals surface area (Å²) < 4.78 is 13.2. The normalized spacial score (nSPS) is 13.0. The zero-order valence-electron chi connectivity index (χ0n) is 21.6. The predicted octanol–water partition coefficient (Wildman–Crippen LogP) is 6.73. The Morgan fingerprint density at radius 3 is 2.24 bits per heavy atom. The number of carbonyl (C=O) groups excluding carboxylic acids is 2. The predicted molar refractivity (Wildman–Crippen MR) is 148 cm³/mol. The molecule has 0 aliphatic carbocycles. The van der Waals surface area contributed by atoms with Crippen molar-refractivity contribution in [3.05, 3.63) is 94.8 Å². The smallest absolute Gasteiger partial charge is 0.255 e. The van der Waals surface area contributed by atoms with Crippen molar-refractivity contribution in [3.8, 4) is 0 Å². The molecular formula is C31H36FN3O2. The lowest BCUT2D eigenvalue weighted by molar-refractivity contribution is 0.0950. The number of rotatable bonds is 11. The maximum atomic E-state index is 13.2. The molecule has 6 heteroatoms. The second-order valence-corrected chi connectivity index (χ2v) is 9.70. The monoisotopic (exact) mass is 501 g/mol. The van der Waals surface area contributed by atoms with E-state index in [0.29, 0.717) is 23.4 Å². The molecule has 0 atom stereocenters. The number of benzene rings is 3. The summed E-state index contributed by atoms with van der Waals surface area (Å²) in [5.41, 5.74) is 4.59. The Balaban J connectivity index is 1.45. The van der Waals surface area contributed by atoms with Crippen LogP contribution >= 0.6 is 0 Å². The van der Waals surface area contributed by atoms with E-state index in [9.17, 15) is 14.0 Å². The maximum Gasteiger partial charge on any atom is 0.255 e. The Labute approximate surface area is 219 Å². The molecule has 1 saturated heterocycles. The molecule has 194 valence electrons. The van der Waals surface area contributed by atoms with Gasteiger partial charge >= 0.3 is 0 Å². The van der Waals surface area contributed by atoms with Gasteiger partial charge in [0.2, 0.25) is 0 Å². The van der Waals surface area contributed by atoms with Crippen LogP contribution in [0.4, 0.5) is 15.8 Å². The van der Waals surface area contributed by atoms with Gasteiger partial charge in [0.05, 0.1) is 5.56 Å². The summed E-state index contributed by atoms with van der Waals surface area (Å²) >= 11 is 0. The fraction of sp³-hybridized carbons (Fsp3) is 0.355. The maximum absolute atomic E-state index is 13.2. The van der Waals surface area contributed by atoms with Crippen molar-refractivity contribution in [3.63, 3.8) is 0 Å². The van der Waals surface area contributed by atoms with Crippen molar-refractivity contribution < 1.29 is 14.0 Å². The number of aryl methyl sites for hydroxylation is 1. The van der Waals surface area contributed by atoms with Crippen molar-refractivity contribution in [1.29, 1.82) is 0 Å². The summed E-state index contributed by atoms with van der Waals surface area (Å²) in [6.45, 7) is 4.29. The van der Waals surface area contributed by atoms with Gasteiger partial charge in [-0.25, -0.2) is 4.39 Å². The number of unbranched alkanes of at least 4 members (excludes halogenated alkanes) is 3. The zero-order valence-corrected chi connectivity index (χ0v) is 21.6. The molecule has 37 heavy (non-hydrogen) atoms. The molecule has 3 aromatic rings. The molecule has 1 heterocycles. The molecule has 3 aromatic carbocycles. The van der Waals surface area contributed by atoms with E-state index < -0.39 is 0 Å². The van der Waals surface area contributed by atoms with Crippen LogP contribution in [0, 0.1) is 5.82 Å². The summed E-state index contributed by atoms with van der Waals surface area (Å²) in [6.07, 6.45) is 8.06. The minimum Gasteiger partial charge on any atom is -0.371 e. The molecule has 1 aliphatic heterocycles. The lowest BCUT2D eigenvalue weighted by Crippen LogP contribution is -2.27. The molecule has 5 nitrogen and oxygen atoms in total. The molecule has 1 aliphatic rings. The van der Waals surface area contributed by atoms with Gasteiger partial charge in [-0.1, -0.05) is 50.5 Å². The van der Waals surface area contributed by atoms with Crippen molar-refractivity contribution in [2.45, 2.75) is 58.4 Å². The van der Waals surface area contributed by atoms with Gasteiger partial charge in [0.1, 0.15) is 5.82 Å². The third-order valence-electron chi connectivity index (χ3n) is 6.85. The minimum absolute atomic E-state index is 0.205. The second kappa shape index (κ2) is 13.0. The van der Waals surface area contributed by atoms with Crippen molar-refractivity contribution in [2.75, 3.05) is 23.3 Å². The van der Waals surface area contributed by atoms with Gasteiger partial charge in [0.25, 0.3) is 11.8 Å². The van der Waals surface area contributed by atoms with Crippen LogP contribution in [-0.4, -0.2) is 24.9 Å². The quantitative estimate of drug-likeness (QED) is 0.286. The van der Waals surface area contributed by atoms with E-state index in [2.05, 4.69) is 22.5 Å². The van der Waals surface area contributed by atoms with Gasteiger partial charge in [0, 0.05) is 36.6 Å². The summed E-state index contributed by atoms with van der Waals surface area (Å²) in [4.78, 5) is 28.3. The molecular weight excluding hydrogens is 465 g/mol. The van der Waals surface area contributed by atoms with E-state index in [1.54, 1.807) is 18.2 Å². The molecule has 4 rings (SSSR count). The fourth-order valence-corrected chi connectivity index (χ4v) is 4.69. The van der Waals surface area contributed by atoms with Crippen LogP contribution in [0.15, 0.2) is 66.7 Å². The van der Waals surface area contributed by atoms with Crippen LogP contribution in [0.25, 0.3) is 0 Å². The third kappa shape index (κ3) is 7.42. The summed E-state index contributed by atoms with van der Waals surface area (Å²) in [6, 6.07) is 19.3. The van der Waals surface area contributed by atoms with Gasteiger partial charge in [-0.2, -0.15) is 0 Å². The third-order valence-corrected chi connectivity index (χ3v) is 6.85. The largest absolute Gasteiger partial charge is 0.371 e. The van der Waals surface area contributed by atoms with E-state index in [1.165, 1.54) is 37.0 Å². The van der Waals surface area contributed by atoms with Crippen LogP contribution in [0.5, 0.6) is 0 Å². The first-order valence-corrected chi connectivity index (χ1v) is 13.4. The first-order chi connectivity index (χ1) is 18.0. The first-order valence-electron chi connectivity index (χ1n) is 13.4. The Hall–Kier alpha value is -3.67. The topological polar surface area (TPSA) is 61.4 Å². The highest BCUT2D eigenvalue weighted by atomic mass is 19.1. The fourth-order valence-electron chi connectivity index (χ4n) is 4.69. The van der Waals surface area contributed by atoms with E-state index in [0.717, 1.165) is 50.0 Å². The Morgan fingerprint density at radius 2 is 1.54 bits per heavy atom. The Kier molecular flexibility index (Phi) is 9.30. The van der Waals surface area contributed by atoms with Gasteiger partial charge < -0.3 is 15.5 Å². The molecule has 0 bridgehead atoms. The molecule has 2 N–H and O–H groups in total. The number of amides is 2. The highest BCUT2D eigenvalue weighted by Crippen LogP contribution is 2.28. The lowest BCUT2D eigenvalue weighted by Gasteiger charge is -2.22. The number of hydrogen-bond acceptors (Lipinski definition) is 3. The number of hydrogen-bond donors (Lipinski definition) is 2. The lowest BCUT2D eigenvalue weighted by atomic mass is 10.0. The van der Waals surface area contributed by atoms with Crippen LogP contribution < -0.4 is 15.5 Å². The summed E-state index contributed by atoms with van der Waals surface area (Å²) in [5.74, 6) is -0.740. The summed E-state index contributed by atoms with van der Waals surface area (Å²) in [7, 11) is 0. The molecule has 2 amide bonds. The summed E-state index contributed by atoms with van der Waals surface area (Å²) in [5, 5.41) is 5.89. The van der Waals surface area contributed by atoms with Crippen LogP contribution in [0.2, 0.25) is 0 Å². The van der Waals surface area contributed by atoms with Gasteiger partial charge in [-0.05, 0) is 79.3 Å². The van der Waals surface area contributed by atoms with Gasteiger partial charge in [-0.15, -0.1) is 0 Å². The standard InChI is InChI=1S/C31H36FN3O2/c1-2-3-4-5-8-23-9-13-25(14-10-23)30(36)34-27-17-18-29(35-19-6-7-20-35)28(21-27)31(37)33-22-24-11-15-26(32)16-12-24/h9-18,21H,2-8,19-20,22H2,1H3,(H,33,37)(H,34,36). The Bertz CT molecular complexity index is 1190. The van der Waals surface area contributed by atoms with E-state index >= 15 is 0 Å². The number of anilines is 2. The van der Waals surface area contributed by atoms with Crippen molar-refractivity contribution in [2.24, 2.45) is 0 Å². The first kappa shape index (κ1) is 26.4. The van der Waals surface area contributed by atoms with Crippen LogP contribution in [-0.2, 0) is 13.0 Å². The molecule has 0 radical (unpaired) electrons. The minimum atomic E-state index is -0.309. The highest BCUT2D eigenvalue weighted by Gasteiger charge is 2.21. The van der Waals surface area contributed by atoms with Crippen LogP contribution in [0.3, 0.4) is 0 Å². The number of halogens is 1. The van der Waals surface area contributed by atoms with E-state index in [4.69, 9.17) is 0 Å². The molecule has 0 unspecified atom stereocenters.